The summed E-state index contributed by atoms with van der Waals surface area (Å²) < 4.78 is 7.66. The molecule has 0 atom stereocenters. The zero-order valence-electron chi connectivity index (χ0n) is 12.6. The van der Waals surface area contributed by atoms with E-state index in [9.17, 15) is 0 Å². The number of likely N-dealkylation sites (N-methyl/N-ethyl adjacent to an activating group) is 1. The van der Waals surface area contributed by atoms with E-state index < -0.39 is 0 Å². The van der Waals surface area contributed by atoms with Crippen molar-refractivity contribution in [1.29, 1.82) is 0 Å². The molecule has 0 aliphatic rings. The lowest BCUT2D eigenvalue weighted by molar-refractivity contribution is 0.199. The minimum atomic E-state index is 0.666. The van der Waals surface area contributed by atoms with Gasteiger partial charge in [-0.1, -0.05) is 18.2 Å². The Morgan fingerprint density at radius 2 is 2.05 bits per heavy atom. The molecule has 2 heterocycles. The molecule has 3 rings (SSSR count). The predicted octanol–water partition coefficient (Wildman–Crippen LogP) is 3.58. The number of para-hydroxylation sites is 1. The van der Waals surface area contributed by atoms with Crippen LogP contribution in [-0.2, 0) is 6.67 Å². The van der Waals surface area contributed by atoms with E-state index in [4.69, 9.17) is 4.74 Å². The number of thiophene rings is 1. The fourth-order valence-electron chi connectivity index (χ4n) is 2.16. The highest BCUT2D eigenvalue weighted by Gasteiger charge is 2.05. The smallest absolute Gasteiger partial charge is 0.119 e. The van der Waals surface area contributed by atoms with Crippen LogP contribution in [0, 0.1) is 0 Å². The molecule has 0 radical (unpaired) electrons. The van der Waals surface area contributed by atoms with E-state index in [0.29, 0.717) is 6.61 Å². The molecule has 0 fully saturated rings. The molecule has 5 heteroatoms. The summed E-state index contributed by atoms with van der Waals surface area (Å²) in [5, 5.41) is 8.79. The van der Waals surface area contributed by atoms with E-state index in [1.807, 2.05) is 41.2 Å². The average molecular weight is 313 g/mol. The largest absolute Gasteiger partial charge is 0.492 e. The van der Waals surface area contributed by atoms with Crippen LogP contribution in [0.4, 0.5) is 0 Å². The third-order valence-corrected chi connectivity index (χ3v) is 4.01. The lowest BCUT2D eigenvalue weighted by Gasteiger charge is -2.16. The van der Waals surface area contributed by atoms with Gasteiger partial charge in [-0.25, -0.2) is 0 Å². The van der Waals surface area contributed by atoms with Crippen LogP contribution in [0.2, 0.25) is 0 Å². The highest BCUT2D eigenvalue weighted by atomic mass is 32.1. The monoisotopic (exact) mass is 313 g/mol. The van der Waals surface area contributed by atoms with Gasteiger partial charge in [0.25, 0.3) is 0 Å². The summed E-state index contributed by atoms with van der Waals surface area (Å²) in [6.07, 6.45) is 2.02. The molecule has 0 bridgehead atoms. The van der Waals surface area contributed by atoms with Gasteiger partial charge in [0, 0.05) is 23.7 Å². The van der Waals surface area contributed by atoms with Gasteiger partial charge in [0.15, 0.2) is 0 Å². The summed E-state index contributed by atoms with van der Waals surface area (Å²) >= 11 is 1.69. The van der Waals surface area contributed by atoms with Gasteiger partial charge in [-0.3, -0.25) is 9.58 Å². The average Bonchev–Trinajstić information content (AvgIpc) is 3.19. The van der Waals surface area contributed by atoms with Crippen LogP contribution >= 0.6 is 11.3 Å². The molecule has 114 valence electrons. The van der Waals surface area contributed by atoms with E-state index in [0.717, 1.165) is 24.7 Å². The van der Waals surface area contributed by atoms with E-state index in [-0.39, 0.29) is 0 Å². The fourth-order valence-corrected chi connectivity index (χ4v) is 2.81. The molecule has 4 nitrogen and oxygen atoms in total. The lowest BCUT2D eigenvalue weighted by atomic mass is 10.2. The third kappa shape index (κ3) is 3.96. The van der Waals surface area contributed by atoms with Crippen molar-refractivity contribution >= 4 is 11.3 Å². The van der Waals surface area contributed by atoms with E-state index >= 15 is 0 Å². The van der Waals surface area contributed by atoms with Crippen molar-refractivity contribution in [3.8, 4) is 17.0 Å². The van der Waals surface area contributed by atoms with Crippen LogP contribution in [0.15, 0.2) is 59.4 Å². The summed E-state index contributed by atoms with van der Waals surface area (Å²) in [7, 11) is 2.07. The molecule has 1 aromatic carbocycles. The molecule has 0 aliphatic heterocycles. The minimum Gasteiger partial charge on any atom is -0.492 e. The Morgan fingerprint density at radius 3 is 2.82 bits per heavy atom. The van der Waals surface area contributed by atoms with Crippen LogP contribution in [0.5, 0.6) is 5.75 Å². The second-order valence-corrected chi connectivity index (χ2v) is 5.92. The summed E-state index contributed by atoms with van der Waals surface area (Å²) in [5.74, 6) is 0.912. The summed E-state index contributed by atoms with van der Waals surface area (Å²) in [6.45, 7) is 2.27. The number of hydrogen-bond donors (Lipinski definition) is 0. The van der Waals surface area contributed by atoms with Crippen LogP contribution < -0.4 is 4.74 Å². The second kappa shape index (κ2) is 7.24. The Balaban J connectivity index is 1.46. The quantitative estimate of drug-likeness (QED) is 0.668. The van der Waals surface area contributed by atoms with E-state index in [1.54, 1.807) is 11.3 Å². The normalized spacial score (nSPS) is 11.0. The summed E-state index contributed by atoms with van der Waals surface area (Å²) in [4.78, 5) is 2.19. The molecular weight excluding hydrogens is 294 g/mol. The Bertz CT molecular complexity index is 679. The topological polar surface area (TPSA) is 30.3 Å². The third-order valence-electron chi connectivity index (χ3n) is 3.33. The zero-order valence-corrected chi connectivity index (χ0v) is 13.4. The first kappa shape index (κ1) is 14.8. The highest BCUT2D eigenvalue weighted by Crippen LogP contribution is 2.19. The summed E-state index contributed by atoms with van der Waals surface area (Å²) in [5.41, 5.74) is 2.20. The number of rotatable bonds is 7. The number of ether oxygens (including phenoxy) is 1. The maximum Gasteiger partial charge on any atom is 0.119 e. The van der Waals surface area contributed by atoms with Crippen molar-refractivity contribution in [3.05, 3.63) is 59.4 Å². The van der Waals surface area contributed by atoms with Gasteiger partial charge in [-0.2, -0.15) is 16.4 Å². The molecule has 0 aliphatic carbocycles. The van der Waals surface area contributed by atoms with Crippen LogP contribution in [0.25, 0.3) is 11.3 Å². The van der Waals surface area contributed by atoms with Gasteiger partial charge >= 0.3 is 0 Å². The van der Waals surface area contributed by atoms with Crippen molar-refractivity contribution in [2.75, 3.05) is 20.2 Å². The molecule has 22 heavy (non-hydrogen) atoms. The van der Waals surface area contributed by atoms with Gasteiger partial charge in [-0.05, 0) is 36.7 Å². The minimum absolute atomic E-state index is 0.666. The molecule has 0 amide bonds. The molecule has 2 aromatic heterocycles. The van der Waals surface area contributed by atoms with Gasteiger partial charge in [0.1, 0.15) is 12.4 Å². The number of aromatic nitrogens is 2. The Kier molecular flexibility index (Phi) is 4.88. The van der Waals surface area contributed by atoms with Crippen LogP contribution in [0.3, 0.4) is 0 Å². The first-order valence-corrected chi connectivity index (χ1v) is 8.18. The Morgan fingerprint density at radius 1 is 1.18 bits per heavy atom. The predicted molar refractivity (Wildman–Crippen MR) is 90.1 cm³/mol. The molecule has 0 saturated heterocycles. The van der Waals surface area contributed by atoms with E-state index in [2.05, 4.69) is 39.9 Å². The maximum absolute atomic E-state index is 5.71. The zero-order chi connectivity index (χ0) is 15.2. The first-order chi connectivity index (χ1) is 10.8. The highest BCUT2D eigenvalue weighted by molar-refractivity contribution is 7.08. The van der Waals surface area contributed by atoms with Crippen LogP contribution in [-0.4, -0.2) is 34.9 Å². The molecular formula is C17H19N3OS. The van der Waals surface area contributed by atoms with Crippen molar-refractivity contribution in [2.45, 2.75) is 6.67 Å². The Hall–Kier alpha value is -2.11. The maximum atomic E-state index is 5.71. The Labute approximate surface area is 134 Å². The molecule has 0 N–H and O–H groups in total. The van der Waals surface area contributed by atoms with Crippen molar-refractivity contribution in [3.63, 3.8) is 0 Å². The molecule has 0 unspecified atom stereocenters. The number of benzene rings is 1. The molecule has 0 spiro atoms. The van der Waals surface area contributed by atoms with Gasteiger partial charge < -0.3 is 4.74 Å². The standard InChI is InChI=1S/C17H19N3OS/c1-19(10-11-21-16-5-3-2-4-6-16)14-20-9-7-17(18-20)15-8-12-22-13-15/h2-9,12-13H,10-11,14H2,1H3. The first-order valence-electron chi connectivity index (χ1n) is 7.24. The van der Waals surface area contributed by atoms with E-state index in [1.165, 1.54) is 5.56 Å². The van der Waals surface area contributed by atoms with Gasteiger partial charge in [0.05, 0.1) is 12.4 Å². The fraction of sp³-hybridized carbons (Fsp3) is 0.235. The van der Waals surface area contributed by atoms with Crippen molar-refractivity contribution in [2.24, 2.45) is 0 Å². The van der Waals surface area contributed by atoms with Gasteiger partial charge in [0.2, 0.25) is 0 Å². The lowest BCUT2D eigenvalue weighted by Crippen LogP contribution is -2.27. The summed E-state index contributed by atoms with van der Waals surface area (Å²) in [6, 6.07) is 14.0. The SMILES string of the molecule is CN(CCOc1ccccc1)Cn1ccc(-c2ccsc2)n1. The van der Waals surface area contributed by atoms with Crippen molar-refractivity contribution in [1.82, 2.24) is 14.7 Å². The van der Waals surface area contributed by atoms with Crippen LogP contribution in [0.1, 0.15) is 0 Å². The number of hydrogen-bond acceptors (Lipinski definition) is 4. The van der Waals surface area contributed by atoms with Crippen molar-refractivity contribution < 1.29 is 4.74 Å². The van der Waals surface area contributed by atoms with Gasteiger partial charge in [-0.15, -0.1) is 0 Å². The number of nitrogens with zero attached hydrogens (tertiary/aromatic N) is 3. The second-order valence-electron chi connectivity index (χ2n) is 5.14. The molecule has 3 aromatic rings. The molecule has 0 saturated carbocycles.